The molecule has 2 atom stereocenters. The van der Waals surface area contributed by atoms with Crippen LogP contribution in [0.1, 0.15) is 21.3 Å². The molecule has 4 nitrogen and oxygen atoms in total. The maximum atomic E-state index is 11.9. The number of nitrogens with one attached hydrogen (secondary N) is 1. The number of esters is 1. The molecule has 0 bridgehead atoms. The molecule has 3 rings (SSSR count). The van der Waals surface area contributed by atoms with Crippen LogP contribution in [0.4, 0.5) is 0 Å². The lowest BCUT2D eigenvalue weighted by molar-refractivity contribution is -0.143. The summed E-state index contributed by atoms with van der Waals surface area (Å²) in [5.41, 5.74) is 0.451. The topological polar surface area (TPSA) is 55.4 Å². The third-order valence-electron chi connectivity index (χ3n) is 2.95. The van der Waals surface area contributed by atoms with Gasteiger partial charge in [-0.05, 0) is 23.6 Å². The van der Waals surface area contributed by atoms with E-state index < -0.39 is 12.1 Å². The predicted molar refractivity (Wildman–Crippen MR) is 70.8 cm³/mol. The summed E-state index contributed by atoms with van der Waals surface area (Å²) >= 11 is 1.53. The van der Waals surface area contributed by atoms with E-state index in [9.17, 15) is 9.59 Å². The number of amides is 1. The minimum absolute atomic E-state index is 0.222. The van der Waals surface area contributed by atoms with Crippen LogP contribution in [0.5, 0.6) is 0 Å². The molecule has 5 heteroatoms. The van der Waals surface area contributed by atoms with Crippen LogP contribution in [0.2, 0.25) is 0 Å². The Morgan fingerprint density at radius 1 is 1.16 bits per heavy atom. The number of carbonyl (C=O) groups excluding carboxylic acids is 2. The Balaban J connectivity index is 1.72. The summed E-state index contributed by atoms with van der Waals surface area (Å²) in [7, 11) is 0. The van der Waals surface area contributed by atoms with Crippen LogP contribution in [-0.2, 0) is 9.53 Å². The maximum absolute atomic E-state index is 11.9. The predicted octanol–water partition coefficient (Wildman–Crippen LogP) is 2.14. The van der Waals surface area contributed by atoms with Crippen LogP contribution >= 0.6 is 11.3 Å². The van der Waals surface area contributed by atoms with Gasteiger partial charge in [0.1, 0.15) is 6.04 Å². The van der Waals surface area contributed by atoms with E-state index in [0.29, 0.717) is 5.56 Å². The van der Waals surface area contributed by atoms with Gasteiger partial charge in [0, 0.05) is 4.88 Å². The molecule has 19 heavy (non-hydrogen) atoms. The lowest BCUT2D eigenvalue weighted by Gasteiger charge is -2.35. The zero-order valence-corrected chi connectivity index (χ0v) is 10.7. The molecule has 0 aliphatic carbocycles. The quantitative estimate of drug-likeness (QED) is 0.688. The lowest BCUT2D eigenvalue weighted by atomic mass is 10.0. The Morgan fingerprint density at radius 3 is 2.58 bits per heavy atom. The van der Waals surface area contributed by atoms with Crippen molar-refractivity contribution < 1.29 is 14.3 Å². The van der Waals surface area contributed by atoms with E-state index in [4.69, 9.17) is 4.74 Å². The van der Waals surface area contributed by atoms with Crippen LogP contribution < -0.4 is 5.32 Å². The van der Waals surface area contributed by atoms with Crippen LogP contribution in [-0.4, -0.2) is 18.0 Å². The fraction of sp³-hybridized carbons (Fsp3) is 0.143. The SMILES string of the molecule is O=C(O[C@@H]1C(=O)N[C@H]1c1cccs1)c1ccccc1. The first-order valence-corrected chi connectivity index (χ1v) is 6.73. The number of hydrogen-bond acceptors (Lipinski definition) is 4. The molecule has 0 saturated carbocycles. The van der Waals surface area contributed by atoms with E-state index >= 15 is 0 Å². The van der Waals surface area contributed by atoms with Crippen molar-refractivity contribution in [3.8, 4) is 0 Å². The molecular weight excluding hydrogens is 262 g/mol. The molecule has 1 aromatic carbocycles. The van der Waals surface area contributed by atoms with Gasteiger partial charge < -0.3 is 10.1 Å². The Bertz CT molecular complexity index is 594. The Morgan fingerprint density at radius 2 is 1.95 bits per heavy atom. The molecule has 1 saturated heterocycles. The van der Waals surface area contributed by atoms with Crippen molar-refractivity contribution in [1.29, 1.82) is 0 Å². The highest BCUT2D eigenvalue weighted by atomic mass is 32.1. The van der Waals surface area contributed by atoms with Gasteiger partial charge in [0.2, 0.25) is 6.10 Å². The average Bonchev–Trinajstić information content (AvgIpc) is 2.96. The summed E-state index contributed by atoms with van der Waals surface area (Å²) < 4.78 is 5.28. The molecule has 0 radical (unpaired) electrons. The van der Waals surface area contributed by atoms with E-state index in [1.807, 2.05) is 23.6 Å². The van der Waals surface area contributed by atoms with E-state index in [1.165, 1.54) is 11.3 Å². The molecule has 2 heterocycles. The summed E-state index contributed by atoms with van der Waals surface area (Å²) in [5, 5.41) is 4.67. The van der Waals surface area contributed by atoms with Crippen molar-refractivity contribution in [1.82, 2.24) is 5.32 Å². The van der Waals surface area contributed by atoms with Gasteiger partial charge in [0.15, 0.2) is 0 Å². The second kappa shape index (κ2) is 4.85. The number of ether oxygens (including phenoxy) is 1. The fourth-order valence-corrected chi connectivity index (χ4v) is 2.73. The lowest BCUT2D eigenvalue weighted by Crippen LogP contribution is -2.57. The first-order valence-electron chi connectivity index (χ1n) is 5.85. The van der Waals surface area contributed by atoms with Gasteiger partial charge in [0.05, 0.1) is 5.56 Å². The van der Waals surface area contributed by atoms with E-state index in [2.05, 4.69) is 5.32 Å². The molecule has 2 aromatic rings. The van der Waals surface area contributed by atoms with Crippen LogP contribution in [0, 0.1) is 0 Å². The first-order chi connectivity index (χ1) is 9.25. The highest BCUT2D eigenvalue weighted by Crippen LogP contribution is 2.30. The monoisotopic (exact) mass is 273 g/mol. The third kappa shape index (κ3) is 2.24. The van der Waals surface area contributed by atoms with Gasteiger partial charge in [-0.3, -0.25) is 4.79 Å². The van der Waals surface area contributed by atoms with E-state index in [0.717, 1.165) is 4.88 Å². The average molecular weight is 273 g/mol. The standard InChI is InChI=1S/C14H11NO3S/c16-13-12(11(15-13)10-7-4-8-19-10)18-14(17)9-5-2-1-3-6-9/h1-8,11-12H,(H,15,16)/t11-,12-/m0/s1. The normalized spacial score (nSPS) is 21.4. The fourth-order valence-electron chi connectivity index (χ4n) is 1.93. The number of benzene rings is 1. The van der Waals surface area contributed by atoms with Crippen LogP contribution in [0.15, 0.2) is 47.8 Å². The molecule has 1 aliphatic heterocycles. The van der Waals surface area contributed by atoms with Gasteiger partial charge in [-0.25, -0.2) is 4.79 Å². The zero-order valence-electron chi connectivity index (χ0n) is 9.91. The number of rotatable bonds is 3. The number of β-lactam (4-membered cyclic amide) rings is 1. The highest BCUT2D eigenvalue weighted by molar-refractivity contribution is 7.10. The zero-order chi connectivity index (χ0) is 13.2. The summed E-state index contributed by atoms with van der Waals surface area (Å²) in [6.45, 7) is 0. The largest absolute Gasteiger partial charge is 0.446 e. The van der Waals surface area contributed by atoms with E-state index in [1.54, 1.807) is 24.3 Å². The summed E-state index contributed by atoms with van der Waals surface area (Å²) in [5.74, 6) is -0.718. The minimum Gasteiger partial charge on any atom is -0.446 e. The second-order valence-corrected chi connectivity index (χ2v) is 5.17. The second-order valence-electron chi connectivity index (χ2n) is 4.19. The minimum atomic E-state index is -0.730. The molecule has 0 unspecified atom stereocenters. The Labute approximate surface area is 114 Å². The summed E-state index contributed by atoms with van der Waals surface area (Å²) in [4.78, 5) is 24.4. The molecule has 1 aromatic heterocycles. The van der Waals surface area contributed by atoms with Gasteiger partial charge in [-0.15, -0.1) is 11.3 Å². The smallest absolute Gasteiger partial charge is 0.338 e. The van der Waals surface area contributed by atoms with Gasteiger partial charge >= 0.3 is 5.97 Å². The van der Waals surface area contributed by atoms with E-state index in [-0.39, 0.29) is 11.9 Å². The highest BCUT2D eigenvalue weighted by Gasteiger charge is 2.44. The third-order valence-corrected chi connectivity index (χ3v) is 3.91. The van der Waals surface area contributed by atoms with Crippen molar-refractivity contribution >= 4 is 23.2 Å². The molecular formula is C14H11NO3S. The van der Waals surface area contributed by atoms with Crippen LogP contribution in [0.3, 0.4) is 0 Å². The maximum Gasteiger partial charge on any atom is 0.338 e. The summed E-state index contributed by atoms with van der Waals surface area (Å²) in [6, 6.07) is 12.3. The van der Waals surface area contributed by atoms with Crippen LogP contribution in [0.25, 0.3) is 0 Å². The van der Waals surface area contributed by atoms with Gasteiger partial charge in [0.25, 0.3) is 5.91 Å². The molecule has 0 spiro atoms. The number of thiophene rings is 1. The molecule has 1 fully saturated rings. The van der Waals surface area contributed by atoms with Crippen molar-refractivity contribution in [2.45, 2.75) is 12.1 Å². The molecule has 1 amide bonds. The Kier molecular flexibility index (Phi) is 3.05. The van der Waals surface area contributed by atoms with Crippen molar-refractivity contribution in [3.05, 3.63) is 58.3 Å². The van der Waals surface area contributed by atoms with Crippen molar-refractivity contribution in [2.24, 2.45) is 0 Å². The van der Waals surface area contributed by atoms with Crippen molar-refractivity contribution in [2.75, 3.05) is 0 Å². The number of hydrogen-bond donors (Lipinski definition) is 1. The first kappa shape index (κ1) is 11.9. The molecule has 96 valence electrons. The summed E-state index contributed by atoms with van der Waals surface area (Å²) in [6.07, 6.45) is -0.730. The molecule has 1 aliphatic rings. The van der Waals surface area contributed by atoms with Gasteiger partial charge in [-0.1, -0.05) is 24.3 Å². The van der Waals surface area contributed by atoms with Gasteiger partial charge in [-0.2, -0.15) is 0 Å². The van der Waals surface area contributed by atoms with Crippen molar-refractivity contribution in [3.63, 3.8) is 0 Å². The molecule has 1 N–H and O–H groups in total. The number of carbonyl (C=O) groups is 2. The Hall–Kier alpha value is -2.14.